The predicted molar refractivity (Wildman–Crippen MR) is 101 cm³/mol. The Balaban J connectivity index is 1.46. The molecule has 6 heteroatoms. The Morgan fingerprint density at radius 3 is 2.60 bits per heavy atom. The molecule has 5 nitrogen and oxygen atoms in total. The molecule has 3 heterocycles. The molecule has 2 aliphatic rings. The predicted octanol–water partition coefficient (Wildman–Crippen LogP) is 2.75. The van der Waals surface area contributed by atoms with E-state index in [-0.39, 0.29) is 0 Å². The quantitative estimate of drug-likeness (QED) is 0.745. The average Bonchev–Trinajstić information content (AvgIpc) is 3.13. The van der Waals surface area contributed by atoms with Crippen LogP contribution in [-0.4, -0.2) is 54.5 Å². The van der Waals surface area contributed by atoms with E-state index in [1.807, 2.05) is 25.4 Å². The molecule has 2 fully saturated rings. The van der Waals surface area contributed by atoms with Gasteiger partial charge in [0.1, 0.15) is 0 Å². The first-order chi connectivity index (χ1) is 12.1. The van der Waals surface area contributed by atoms with Crippen molar-refractivity contribution < 1.29 is 8.42 Å². The zero-order chi connectivity index (χ0) is 17.7. The third-order valence-electron chi connectivity index (χ3n) is 5.76. The zero-order valence-corrected chi connectivity index (χ0v) is 16.1. The lowest BCUT2D eigenvalue weighted by atomic mass is 9.84. The molecular weight excluding hydrogens is 334 g/mol. The average molecular weight is 366 g/mol. The fourth-order valence-corrected chi connectivity index (χ4v) is 5.89. The fraction of sp³-hybridized carbons (Fsp3) is 0.737. The van der Waals surface area contributed by atoms with Crippen molar-refractivity contribution in [2.75, 3.05) is 31.9 Å². The minimum absolute atomic E-state index is 0.319. The van der Waals surface area contributed by atoms with Crippen molar-refractivity contribution >= 4 is 10.0 Å². The topological polar surface area (TPSA) is 53.5 Å². The number of nitrogens with zero attached hydrogens (tertiary/aromatic N) is 3. The Labute approximate surface area is 152 Å². The van der Waals surface area contributed by atoms with Crippen LogP contribution in [0.5, 0.6) is 0 Å². The second-order valence-corrected chi connectivity index (χ2v) is 9.64. The van der Waals surface area contributed by atoms with Crippen LogP contribution in [0.2, 0.25) is 0 Å². The summed E-state index contributed by atoms with van der Waals surface area (Å²) in [5.74, 6) is 1.55. The number of aromatic nitrogens is 1. The monoisotopic (exact) mass is 365 g/mol. The van der Waals surface area contributed by atoms with E-state index in [2.05, 4.69) is 16.0 Å². The van der Waals surface area contributed by atoms with Crippen molar-refractivity contribution in [2.45, 2.75) is 45.6 Å². The summed E-state index contributed by atoms with van der Waals surface area (Å²) in [6.07, 6.45) is 8.89. The van der Waals surface area contributed by atoms with Crippen LogP contribution in [0.15, 0.2) is 24.5 Å². The molecule has 0 aromatic carbocycles. The maximum atomic E-state index is 12.4. The molecule has 1 aromatic rings. The summed E-state index contributed by atoms with van der Waals surface area (Å²) in [5.41, 5.74) is 1.27. The number of pyridine rings is 1. The van der Waals surface area contributed by atoms with E-state index in [4.69, 9.17) is 0 Å². The van der Waals surface area contributed by atoms with Gasteiger partial charge in [-0.3, -0.25) is 9.88 Å². The summed E-state index contributed by atoms with van der Waals surface area (Å²) in [6.45, 7) is 6.72. The van der Waals surface area contributed by atoms with Gasteiger partial charge in [-0.1, -0.05) is 19.4 Å². The van der Waals surface area contributed by atoms with Crippen molar-refractivity contribution in [3.05, 3.63) is 30.1 Å². The molecule has 0 radical (unpaired) electrons. The van der Waals surface area contributed by atoms with Crippen LogP contribution < -0.4 is 0 Å². The van der Waals surface area contributed by atoms with Gasteiger partial charge in [0, 0.05) is 32.0 Å². The highest BCUT2D eigenvalue weighted by Gasteiger charge is 2.36. The highest BCUT2D eigenvalue weighted by Crippen LogP contribution is 2.33. The Morgan fingerprint density at radius 1 is 1.16 bits per heavy atom. The molecule has 25 heavy (non-hydrogen) atoms. The van der Waals surface area contributed by atoms with Gasteiger partial charge in [0.05, 0.1) is 5.75 Å². The Hall–Kier alpha value is -0.980. The third kappa shape index (κ3) is 5.02. The minimum Gasteiger partial charge on any atom is -0.299 e. The molecule has 0 saturated carbocycles. The van der Waals surface area contributed by atoms with Gasteiger partial charge in [-0.05, 0) is 62.2 Å². The molecule has 0 bridgehead atoms. The van der Waals surface area contributed by atoms with E-state index in [0.29, 0.717) is 17.6 Å². The van der Waals surface area contributed by atoms with E-state index in [9.17, 15) is 8.42 Å². The first kappa shape index (κ1) is 18.8. The van der Waals surface area contributed by atoms with E-state index >= 15 is 0 Å². The number of likely N-dealkylation sites (tertiary alicyclic amines) is 1. The number of hydrogen-bond acceptors (Lipinski definition) is 4. The van der Waals surface area contributed by atoms with Crippen molar-refractivity contribution in [3.8, 4) is 0 Å². The van der Waals surface area contributed by atoms with Crippen LogP contribution in [0, 0.1) is 11.8 Å². The molecule has 1 atom stereocenters. The van der Waals surface area contributed by atoms with Crippen LogP contribution in [-0.2, 0) is 16.6 Å². The van der Waals surface area contributed by atoms with E-state index < -0.39 is 10.0 Å². The lowest BCUT2D eigenvalue weighted by Gasteiger charge is -2.34. The van der Waals surface area contributed by atoms with Crippen LogP contribution in [0.3, 0.4) is 0 Å². The van der Waals surface area contributed by atoms with E-state index in [1.54, 1.807) is 4.31 Å². The number of piperidine rings is 1. The second-order valence-electron chi connectivity index (χ2n) is 7.55. The van der Waals surface area contributed by atoms with Crippen LogP contribution in [0.4, 0.5) is 0 Å². The van der Waals surface area contributed by atoms with Crippen molar-refractivity contribution in [1.82, 2.24) is 14.2 Å². The Kier molecular flexibility index (Phi) is 6.47. The Morgan fingerprint density at radius 2 is 1.92 bits per heavy atom. The number of unbranched alkanes of at least 4 members (excludes halogenated alkanes) is 1. The maximum Gasteiger partial charge on any atom is 0.214 e. The molecule has 0 N–H and O–H groups in total. The highest BCUT2D eigenvalue weighted by molar-refractivity contribution is 7.89. The van der Waals surface area contributed by atoms with Crippen molar-refractivity contribution in [3.63, 3.8) is 0 Å². The molecule has 1 aromatic heterocycles. The maximum absolute atomic E-state index is 12.4. The van der Waals surface area contributed by atoms with Crippen LogP contribution in [0.1, 0.15) is 44.6 Å². The summed E-state index contributed by atoms with van der Waals surface area (Å²) in [7, 11) is -3.03. The van der Waals surface area contributed by atoms with Crippen LogP contribution in [0.25, 0.3) is 0 Å². The summed E-state index contributed by atoms with van der Waals surface area (Å²) >= 11 is 0. The van der Waals surface area contributed by atoms with Crippen LogP contribution >= 0.6 is 0 Å². The first-order valence-electron chi connectivity index (χ1n) is 9.67. The largest absolute Gasteiger partial charge is 0.299 e. The number of hydrogen-bond donors (Lipinski definition) is 0. The van der Waals surface area contributed by atoms with Gasteiger partial charge in [-0.2, -0.15) is 0 Å². The molecule has 0 spiro atoms. The number of sulfonamides is 1. The summed E-state index contributed by atoms with van der Waals surface area (Å²) in [5, 5.41) is 0. The second kappa shape index (κ2) is 8.60. The molecule has 140 valence electrons. The summed E-state index contributed by atoms with van der Waals surface area (Å²) < 4.78 is 26.5. The normalized spacial score (nSPS) is 24.0. The first-order valence-corrected chi connectivity index (χ1v) is 11.3. The lowest BCUT2D eigenvalue weighted by Crippen LogP contribution is -2.37. The minimum atomic E-state index is -3.03. The van der Waals surface area contributed by atoms with Gasteiger partial charge in [-0.15, -0.1) is 0 Å². The van der Waals surface area contributed by atoms with Gasteiger partial charge >= 0.3 is 0 Å². The molecule has 3 rings (SSSR count). The molecule has 0 unspecified atom stereocenters. The SMILES string of the molecule is CCCCS(=O)(=O)N1CC[C@@H](C2CCN(Cc3cccnc3)CC2)C1. The smallest absolute Gasteiger partial charge is 0.214 e. The third-order valence-corrected chi connectivity index (χ3v) is 7.69. The summed E-state index contributed by atoms with van der Waals surface area (Å²) in [4.78, 5) is 6.69. The lowest BCUT2D eigenvalue weighted by molar-refractivity contribution is 0.144. The van der Waals surface area contributed by atoms with Gasteiger partial charge < -0.3 is 0 Å². The molecule has 2 saturated heterocycles. The van der Waals surface area contributed by atoms with Gasteiger partial charge in [0.25, 0.3) is 0 Å². The molecule has 0 aliphatic carbocycles. The van der Waals surface area contributed by atoms with E-state index in [0.717, 1.165) is 52.0 Å². The fourth-order valence-electron chi connectivity index (χ4n) is 4.18. The zero-order valence-electron chi connectivity index (χ0n) is 15.3. The van der Waals surface area contributed by atoms with Crippen molar-refractivity contribution in [1.29, 1.82) is 0 Å². The molecule has 0 amide bonds. The molecular formula is C19H31N3O2S. The molecule has 2 aliphatic heterocycles. The van der Waals surface area contributed by atoms with Crippen molar-refractivity contribution in [2.24, 2.45) is 11.8 Å². The van der Waals surface area contributed by atoms with E-state index in [1.165, 1.54) is 18.4 Å². The highest BCUT2D eigenvalue weighted by atomic mass is 32.2. The Bertz CT molecular complexity index is 627. The van der Waals surface area contributed by atoms with Gasteiger partial charge in [0.2, 0.25) is 10.0 Å². The summed E-state index contributed by atoms with van der Waals surface area (Å²) in [6, 6.07) is 4.13. The van der Waals surface area contributed by atoms with Gasteiger partial charge in [-0.25, -0.2) is 12.7 Å². The standard InChI is InChI=1S/C19H31N3O2S/c1-2-3-13-25(23,24)22-12-8-19(16-22)18-6-10-21(11-7-18)15-17-5-4-9-20-14-17/h4-5,9,14,18-19H,2-3,6-8,10-13,15-16H2,1H3/t19-/m1/s1. The number of rotatable bonds is 7. The van der Waals surface area contributed by atoms with Gasteiger partial charge in [0.15, 0.2) is 0 Å².